The number of nitrogens with zero attached hydrogens (tertiary/aromatic N) is 3. The molecule has 3 nitrogen and oxygen atoms in total. The van der Waals surface area contributed by atoms with Crippen LogP contribution in [0.3, 0.4) is 0 Å². The van der Waals surface area contributed by atoms with E-state index in [2.05, 4.69) is 22.0 Å². The summed E-state index contributed by atoms with van der Waals surface area (Å²) in [5, 5.41) is 8.48. The fraction of sp³-hybridized carbons (Fsp3) is 0.600. The maximum Gasteiger partial charge on any atom is 0.151 e. The van der Waals surface area contributed by atoms with E-state index in [-0.39, 0.29) is 0 Å². The summed E-state index contributed by atoms with van der Waals surface area (Å²) in [7, 11) is 0. The average Bonchev–Trinajstić information content (AvgIpc) is 2.67. The van der Waals surface area contributed by atoms with Crippen molar-refractivity contribution in [1.82, 2.24) is 15.1 Å². The third kappa shape index (κ3) is 1.88. The Kier molecular flexibility index (Phi) is 2.99. The molecule has 0 N–H and O–H groups in total. The van der Waals surface area contributed by atoms with Crippen molar-refractivity contribution in [3.05, 3.63) is 23.0 Å². The van der Waals surface area contributed by atoms with Crippen LogP contribution >= 0.6 is 11.6 Å². The zero-order valence-electron chi connectivity index (χ0n) is 8.28. The maximum atomic E-state index is 5.70. The molecule has 1 saturated heterocycles. The quantitative estimate of drug-likeness (QED) is 0.752. The second-order valence-electron chi connectivity index (χ2n) is 3.57. The number of halogens is 1. The van der Waals surface area contributed by atoms with Gasteiger partial charge in [0.05, 0.1) is 11.7 Å². The van der Waals surface area contributed by atoms with Crippen molar-refractivity contribution in [2.45, 2.75) is 25.8 Å². The van der Waals surface area contributed by atoms with Crippen LogP contribution in [-0.2, 0) is 0 Å². The van der Waals surface area contributed by atoms with Crippen LogP contribution in [-0.4, -0.2) is 28.2 Å². The van der Waals surface area contributed by atoms with Gasteiger partial charge in [-0.2, -0.15) is 5.10 Å². The minimum atomic E-state index is 0.449. The van der Waals surface area contributed by atoms with Crippen LogP contribution in [0.5, 0.6) is 0 Å². The highest BCUT2D eigenvalue weighted by atomic mass is 35.5. The molecule has 76 valence electrons. The summed E-state index contributed by atoms with van der Waals surface area (Å²) in [4.78, 5) is 2.43. The molecule has 1 atom stereocenters. The Hall–Kier alpha value is -0.670. The van der Waals surface area contributed by atoms with Gasteiger partial charge in [-0.05, 0) is 38.1 Å². The van der Waals surface area contributed by atoms with E-state index >= 15 is 0 Å². The second kappa shape index (κ2) is 4.24. The lowest BCUT2D eigenvalue weighted by Crippen LogP contribution is -2.23. The van der Waals surface area contributed by atoms with Crippen molar-refractivity contribution in [3.63, 3.8) is 0 Å². The summed E-state index contributed by atoms with van der Waals surface area (Å²) in [6.07, 6.45) is 2.44. The number of aromatic nitrogens is 2. The molecule has 0 aromatic carbocycles. The highest BCUT2D eigenvalue weighted by Gasteiger charge is 2.25. The van der Waals surface area contributed by atoms with Crippen molar-refractivity contribution in [3.8, 4) is 0 Å². The van der Waals surface area contributed by atoms with E-state index in [9.17, 15) is 0 Å². The maximum absolute atomic E-state index is 5.70. The number of rotatable bonds is 2. The molecular weight excluding hydrogens is 198 g/mol. The van der Waals surface area contributed by atoms with Gasteiger partial charge in [-0.25, -0.2) is 0 Å². The molecule has 0 spiro atoms. The number of hydrogen-bond donors (Lipinski definition) is 0. The minimum absolute atomic E-state index is 0.449. The normalized spacial score (nSPS) is 22.9. The molecule has 0 radical (unpaired) electrons. The molecule has 0 saturated carbocycles. The van der Waals surface area contributed by atoms with E-state index in [1.807, 2.05) is 12.1 Å². The van der Waals surface area contributed by atoms with Gasteiger partial charge in [-0.15, -0.1) is 5.10 Å². The molecule has 0 aliphatic carbocycles. The van der Waals surface area contributed by atoms with Crippen LogP contribution in [0, 0.1) is 0 Å². The van der Waals surface area contributed by atoms with Gasteiger partial charge in [-0.3, -0.25) is 4.90 Å². The standard InChI is InChI=1S/C10H14ClN3/c1-2-14-7-3-4-9(14)8-5-6-10(11)13-12-8/h5-6,9H,2-4,7H2,1H3. The molecule has 2 heterocycles. The summed E-state index contributed by atoms with van der Waals surface area (Å²) in [6.45, 7) is 4.43. The lowest BCUT2D eigenvalue weighted by Gasteiger charge is -2.21. The fourth-order valence-electron chi connectivity index (χ4n) is 2.04. The van der Waals surface area contributed by atoms with Crippen LogP contribution in [0.1, 0.15) is 31.5 Å². The zero-order chi connectivity index (χ0) is 9.97. The molecule has 1 fully saturated rings. The molecule has 1 unspecified atom stereocenters. The highest BCUT2D eigenvalue weighted by molar-refractivity contribution is 6.29. The fourth-order valence-corrected chi connectivity index (χ4v) is 2.14. The smallest absolute Gasteiger partial charge is 0.151 e. The molecule has 1 aliphatic heterocycles. The van der Waals surface area contributed by atoms with Crippen molar-refractivity contribution in [1.29, 1.82) is 0 Å². The van der Waals surface area contributed by atoms with Gasteiger partial charge in [0.2, 0.25) is 0 Å². The van der Waals surface area contributed by atoms with Gasteiger partial charge in [0.15, 0.2) is 5.15 Å². The van der Waals surface area contributed by atoms with Gasteiger partial charge < -0.3 is 0 Å². The first-order valence-corrected chi connectivity index (χ1v) is 5.42. The Morgan fingerprint density at radius 3 is 3.00 bits per heavy atom. The summed E-state index contributed by atoms with van der Waals surface area (Å²) in [5.74, 6) is 0. The van der Waals surface area contributed by atoms with E-state index in [4.69, 9.17) is 11.6 Å². The average molecular weight is 212 g/mol. The monoisotopic (exact) mass is 211 g/mol. The van der Waals surface area contributed by atoms with Gasteiger partial charge in [0.1, 0.15) is 0 Å². The summed E-state index contributed by atoms with van der Waals surface area (Å²) in [6, 6.07) is 4.24. The molecule has 2 rings (SSSR count). The topological polar surface area (TPSA) is 29.0 Å². The molecule has 0 amide bonds. The van der Waals surface area contributed by atoms with Crippen LogP contribution in [0.15, 0.2) is 12.1 Å². The van der Waals surface area contributed by atoms with E-state index in [0.29, 0.717) is 11.2 Å². The first-order valence-electron chi connectivity index (χ1n) is 5.04. The van der Waals surface area contributed by atoms with E-state index in [1.54, 1.807) is 0 Å². The van der Waals surface area contributed by atoms with Gasteiger partial charge in [0, 0.05) is 0 Å². The lowest BCUT2D eigenvalue weighted by molar-refractivity contribution is 0.266. The van der Waals surface area contributed by atoms with Crippen LogP contribution in [0.2, 0.25) is 5.15 Å². The Labute approximate surface area is 89.1 Å². The molecule has 14 heavy (non-hydrogen) atoms. The predicted octanol–water partition coefficient (Wildman–Crippen LogP) is 2.29. The Bertz CT molecular complexity index is 299. The Morgan fingerprint density at radius 1 is 1.50 bits per heavy atom. The molecule has 4 heteroatoms. The van der Waals surface area contributed by atoms with E-state index < -0.39 is 0 Å². The third-order valence-corrected chi connectivity index (χ3v) is 2.97. The molecule has 1 aliphatic rings. The third-order valence-electron chi connectivity index (χ3n) is 2.76. The molecule has 1 aromatic rings. The Balaban J connectivity index is 2.17. The van der Waals surface area contributed by atoms with Gasteiger partial charge in [0.25, 0.3) is 0 Å². The highest BCUT2D eigenvalue weighted by Crippen LogP contribution is 2.29. The molecule has 0 bridgehead atoms. The van der Waals surface area contributed by atoms with E-state index in [0.717, 1.165) is 12.2 Å². The Morgan fingerprint density at radius 2 is 2.36 bits per heavy atom. The van der Waals surface area contributed by atoms with E-state index in [1.165, 1.54) is 19.4 Å². The van der Waals surface area contributed by atoms with Crippen LogP contribution in [0.25, 0.3) is 0 Å². The molecule has 1 aromatic heterocycles. The largest absolute Gasteiger partial charge is 0.295 e. The van der Waals surface area contributed by atoms with Gasteiger partial charge >= 0.3 is 0 Å². The van der Waals surface area contributed by atoms with Crippen LogP contribution < -0.4 is 0 Å². The first kappa shape index (κ1) is 9.87. The predicted molar refractivity (Wildman–Crippen MR) is 56.3 cm³/mol. The van der Waals surface area contributed by atoms with Crippen molar-refractivity contribution >= 4 is 11.6 Å². The van der Waals surface area contributed by atoms with Crippen molar-refractivity contribution in [2.75, 3.05) is 13.1 Å². The van der Waals surface area contributed by atoms with Crippen molar-refractivity contribution < 1.29 is 0 Å². The first-order chi connectivity index (χ1) is 6.81. The van der Waals surface area contributed by atoms with Crippen LogP contribution in [0.4, 0.5) is 0 Å². The minimum Gasteiger partial charge on any atom is -0.295 e. The summed E-state index contributed by atoms with van der Waals surface area (Å²) in [5.41, 5.74) is 1.05. The summed E-state index contributed by atoms with van der Waals surface area (Å²) < 4.78 is 0. The van der Waals surface area contributed by atoms with Gasteiger partial charge in [-0.1, -0.05) is 18.5 Å². The number of likely N-dealkylation sites (tertiary alicyclic amines) is 1. The summed E-state index contributed by atoms with van der Waals surface area (Å²) >= 11 is 5.70. The molecular formula is C10H14ClN3. The lowest BCUT2D eigenvalue weighted by atomic mass is 10.1. The number of hydrogen-bond acceptors (Lipinski definition) is 3. The zero-order valence-corrected chi connectivity index (χ0v) is 9.04. The van der Waals surface area contributed by atoms with Crippen molar-refractivity contribution in [2.24, 2.45) is 0 Å². The second-order valence-corrected chi connectivity index (χ2v) is 3.95. The SMILES string of the molecule is CCN1CCCC1c1ccc(Cl)nn1.